The Kier molecular flexibility index (Phi) is 8.55. The summed E-state index contributed by atoms with van der Waals surface area (Å²) in [6, 6.07) is 13.8. The molecule has 0 radical (unpaired) electrons. The molecule has 3 rings (SSSR count). The van der Waals surface area contributed by atoms with Crippen LogP contribution in [-0.2, 0) is 22.4 Å². The van der Waals surface area contributed by atoms with Gasteiger partial charge >= 0.3 is 0 Å². The van der Waals surface area contributed by atoms with E-state index < -0.39 is 0 Å². The lowest BCUT2D eigenvalue weighted by molar-refractivity contribution is -0.134. The van der Waals surface area contributed by atoms with Crippen molar-refractivity contribution in [3.8, 4) is 0 Å². The van der Waals surface area contributed by atoms with E-state index in [2.05, 4.69) is 22.1 Å². The maximum absolute atomic E-state index is 12.6. The van der Waals surface area contributed by atoms with Gasteiger partial charge in [-0.05, 0) is 37.2 Å². The van der Waals surface area contributed by atoms with Crippen LogP contribution in [0.1, 0.15) is 18.2 Å². The molecule has 7 nitrogen and oxygen atoms in total. The van der Waals surface area contributed by atoms with Gasteiger partial charge in [-0.3, -0.25) is 24.4 Å². The molecule has 1 aliphatic rings. The van der Waals surface area contributed by atoms with Gasteiger partial charge in [0.25, 0.3) is 0 Å². The van der Waals surface area contributed by atoms with E-state index in [1.54, 1.807) is 6.20 Å². The number of benzene rings is 1. The predicted octanol–water partition coefficient (Wildman–Crippen LogP) is 1.90. The third-order valence-electron chi connectivity index (χ3n) is 5.65. The van der Waals surface area contributed by atoms with E-state index in [9.17, 15) is 9.59 Å². The van der Waals surface area contributed by atoms with Gasteiger partial charge in [0.1, 0.15) is 0 Å². The van der Waals surface area contributed by atoms with Crippen LogP contribution in [0.25, 0.3) is 0 Å². The van der Waals surface area contributed by atoms with E-state index in [-0.39, 0.29) is 11.8 Å². The van der Waals surface area contributed by atoms with Crippen molar-refractivity contribution in [2.45, 2.75) is 19.8 Å². The Labute approximate surface area is 185 Å². The predicted molar refractivity (Wildman–Crippen MR) is 123 cm³/mol. The third-order valence-corrected chi connectivity index (χ3v) is 5.65. The second-order valence-corrected chi connectivity index (χ2v) is 8.02. The van der Waals surface area contributed by atoms with E-state index in [1.807, 2.05) is 59.3 Å². The van der Waals surface area contributed by atoms with Crippen molar-refractivity contribution in [1.82, 2.24) is 19.7 Å². The second-order valence-electron chi connectivity index (χ2n) is 8.02. The number of para-hydroxylation sites is 1. The van der Waals surface area contributed by atoms with Crippen LogP contribution in [0, 0.1) is 0 Å². The Bertz CT molecular complexity index is 850. The summed E-state index contributed by atoms with van der Waals surface area (Å²) in [5, 5.41) is 3.02. The molecular formula is C24H33N5O2. The van der Waals surface area contributed by atoms with E-state index in [4.69, 9.17) is 0 Å². The molecular weight excluding hydrogens is 390 g/mol. The highest BCUT2D eigenvalue weighted by molar-refractivity contribution is 5.93. The van der Waals surface area contributed by atoms with Gasteiger partial charge in [0.05, 0.1) is 13.1 Å². The Morgan fingerprint density at radius 2 is 1.81 bits per heavy atom. The average molecular weight is 424 g/mol. The molecule has 1 aromatic carbocycles. The van der Waals surface area contributed by atoms with Gasteiger partial charge in [-0.2, -0.15) is 0 Å². The fraction of sp³-hybridized carbons (Fsp3) is 0.458. The van der Waals surface area contributed by atoms with Crippen LogP contribution in [0.3, 0.4) is 0 Å². The number of pyridine rings is 1. The highest BCUT2D eigenvalue weighted by atomic mass is 16.2. The van der Waals surface area contributed by atoms with Crippen molar-refractivity contribution in [3.05, 3.63) is 59.9 Å². The zero-order valence-electron chi connectivity index (χ0n) is 18.6. The maximum Gasteiger partial charge on any atom is 0.238 e. The Morgan fingerprint density at radius 3 is 2.52 bits per heavy atom. The molecule has 1 saturated heterocycles. The Hall–Kier alpha value is -2.77. The molecule has 166 valence electrons. The van der Waals surface area contributed by atoms with Crippen LogP contribution in [0.4, 0.5) is 5.69 Å². The average Bonchev–Trinajstić information content (AvgIpc) is 2.79. The molecule has 2 amide bonds. The fourth-order valence-corrected chi connectivity index (χ4v) is 3.76. The summed E-state index contributed by atoms with van der Waals surface area (Å²) in [4.78, 5) is 35.5. The fourth-order valence-electron chi connectivity index (χ4n) is 3.76. The minimum Gasteiger partial charge on any atom is -0.339 e. The second kappa shape index (κ2) is 11.6. The summed E-state index contributed by atoms with van der Waals surface area (Å²) in [5.41, 5.74) is 3.06. The maximum atomic E-state index is 12.6. The molecule has 0 unspecified atom stereocenters. The first-order chi connectivity index (χ1) is 15.0. The molecule has 0 bridgehead atoms. The highest BCUT2D eigenvalue weighted by Gasteiger charge is 2.23. The lowest BCUT2D eigenvalue weighted by Gasteiger charge is -2.35. The van der Waals surface area contributed by atoms with Gasteiger partial charge in [-0.1, -0.05) is 31.2 Å². The number of carbonyl (C=O) groups excluding carboxylic acids is 2. The SMILES string of the molecule is CCc1ccccc1NC(=O)CN1CCN(C(=O)CN(C)CCc2ccccn2)CC1. The lowest BCUT2D eigenvalue weighted by atomic mass is 10.1. The van der Waals surface area contributed by atoms with Crippen LogP contribution in [0.5, 0.6) is 0 Å². The van der Waals surface area contributed by atoms with Crippen molar-refractivity contribution in [1.29, 1.82) is 0 Å². The monoisotopic (exact) mass is 423 g/mol. The number of anilines is 1. The van der Waals surface area contributed by atoms with Gasteiger partial charge < -0.3 is 10.2 Å². The number of aryl methyl sites for hydroxylation is 1. The summed E-state index contributed by atoms with van der Waals surface area (Å²) in [6.07, 6.45) is 3.50. The molecule has 0 spiro atoms. The number of nitrogens with one attached hydrogen (secondary N) is 1. The van der Waals surface area contributed by atoms with Gasteiger partial charge in [-0.15, -0.1) is 0 Å². The standard InChI is InChI=1S/C24H33N5O2/c1-3-20-8-4-5-10-22(20)26-23(30)18-28-14-16-29(17-15-28)24(31)19-27(2)13-11-21-9-6-7-12-25-21/h4-10,12H,3,11,13-19H2,1-2H3,(H,26,30). The first-order valence-corrected chi connectivity index (χ1v) is 11.0. The zero-order valence-corrected chi connectivity index (χ0v) is 18.6. The van der Waals surface area contributed by atoms with Crippen molar-refractivity contribution in [2.24, 2.45) is 0 Å². The molecule has 1 aromatic heterocycles. The molecule has 0 aliphatic carbocycles. The number of rotatable bonds is 9. The number of hydrogen-bond acceptors (Lipinski definition) is 5. The first-order valence-electron chi connectivity index (χ1n) is 11.0. The van der Waals surface area contributed by atoms with Crippen LogP contribution in [0.15, 0.2) is 48.7 Å². The van der Waals surface area contributed by atoms with Crippen molar-refractivity contribution < 1.29 is 9.59 Å². The van der Waals surface area contributed by atoms with Gasteiger partial charge in [0, 0.05) is 56.7 Å². The van der Waals surface area contributed by atoms with Gasteiger partial charge in [0.15, 0.2) is 0 Å². The zero-order chi connectivity index (χ0) is 22.1. The highest BCUT2D eigenvalue weighted by Crippen LogP contribution is 2.15. The minimum atomic E-state index is -0.00469. The molecule has 2 heterocycles. The molecule has 7 heteroatoms. The summed E-state index contributed by atoms with van der Waals surface area (Å²) >= 11 is 0. The lowest BCUT2D eigenvalue weighted by Crippen LogP contribution is -2.52. The number of hydrogen-bond donors (Lipinski definition) is 1. The molecule has 1 N–H and O–H groups in total. The molecule has 1 aliphatic heterocycles. The summed E-state index contributed by atoms with van der Waals surface area (Å²) < 4.78 is 0. The summed E-state index contributed by atoms with van der Waals surface area (Å²) in [6.45, 7) is 6.38. The Balaban J connectivity index is 1.37. The number of aromatic nitrogens is 1. The molecule has 2 aromatic rings. The van der Waals surface area contributed by atoms with E-state index in [0.29, 0.717) is 39.3 Å². The number of amides is 2. The van der Waals surface area contributed by atoms with Crippen molar-refractivity contribution >= 4 is 17.5 Å². The topological polar surface area (TPSA) is 68.8 Å². The van der Waals surface area contributed by atoms with Crippen molar-refractivity contribution in [2.75, 3.05) is 58.2 Å². The smallest absolute Gasteiger partial charge is 0.238 e. The number of likely N-dealkylation sites (N-methyl/N-ethyl adjacent to an activating group) is 1. The number of piperazine rings is 1. The van der Waals surface area contributed by atoms with Gasteiger partial charge in [-0.25, -0.2) is 0 Å². The van der Waals surface area contributed by atoms with E-state index in [1.165, 1.54) is 0 Å². The largest absolute Gasteiger partial charge is 0.339 e. The normalized spacial score (nSPS) is 14.6. The molecule has 1 fully saturated rings. The quantitative estimate of drug-likeness (QED) is 0.667. The van der Waals surface area contributed by atoms with Crippen LogP contribution in [0.2, 0.25) is 0 Å². The summed E-state index contributed by atoms with van der Waals surface area (Å²) in [5.74, 6) is 0.138. The van der Waals surface area contributed by atoms with Crippen LogP contribution < -0.4 is 5.32 Å². The number of nitrogens with zero attached hydrogens (tertiary/aromatic N) is 4. The van der Waals surface area contributed by atoms with E-state index in [0.717, 1.165) is 36.3 Å². The first kappa shape index (κ1) is 22.9. The molecule has 0 atom stereocenters. The summed E-state index contributed by atoms with van der Waals surface area (Å²) in [7, 11) is 1.97. The van der Waals surface area contributed by atoms with Crippen LogP contribution in [-0.4, -0.2) is 84.4 Å². The van der Waals surface area contributed by atoms with Gasteiger partial charge in [0.2, 0.25) is 11.8 Å². The van der Waals surface area contributed by atoms with Crippen molar-refractivity contribution in [3.63, 3.8) is 0 Å². The van der Waals surface area contributed by atoms with E-state index >= 15 is 0 Å². The van der Waals surface area contributed by atoms with Crippen LogP contribution >= 0.6 is 0 Å². The number of carbonyl (C=O) groups is 2. The minimum absolute atomic E-state index is 0.00469. The Morgan fingerprint density at radius 1 is 1.06 bits per heavy atom. The molecule has 31 heavy (non-hydrogen) atoms. The molecule has 0 saturated carbocycles. The third kappa shape index (κ3) is 7.15.